The number of ether oxygens (including phenoxy) is 1. The predicted octanol–water partition coefficient (Wildman–Crippen LogP) is 5.53. The van der Waals surface area contributed by atoms with E-state index in [1.165, 1.54) is 24.1 Å². The maximum atomic E-state index is 13.9. The Morgan fingerprint density at radius 3 is 2.17 bits per heavy atom. The Balaban J connectivity index is 2.03. The van der Waals surface area contributed by atoms with Crippen LogP contribution in [-0.2, 0) is 26.2 Å². The van der Waals surface area contributed by atoms with Crippen LogP contribution in [0.1, 0.15) is 32.8 Å². The van der Waals surface area contributed by atoms with Gasteiger partial charge in [0.1, 0.15) is 18.3 Å². The SMILES string of the molecule is CC[C@@H](C)NC(=O)[C@@H](C)N(Cc1ccc(Cl)c(Cl)c1)C(=O)CN(c1ccc(OC)cc1)S(=O)(=O)c1ccccc1. The first-order chi connectivity index (χ1) is 19.0. The van der Waals surface area contributed by atoms with Crippen LogP contribution >= 0.6 is 23.2 Å². The monoisotopic (exact) mass is 605 g/mol. The quantitative estimate of drug-likeness (QED) is 0.293. The number of halogens is 2. The van der Waals surface area contributed by atoms with Gasteiger partial charge in [-0.3, -0.25) is 13.9 Å². The fourth-order valence-corrected chi connectivity index (χ4v) is 5.64. The molecule has 0 saturated heterocycles. The first-order valence-electron chi connectivity index (χ1n) is 12.7. The number of nitrogens with zero attached hydrogens (tertiary/aromatic N) is 2. The standard InChI is InChI=1S/C29H33Cl2N3O5S/c1-5-20(2)32-29(36)21(3)33(18-22-11-16-26(30)27(31)17-22)28(35)19-34(23-12-14-24(39-4)15-13-23)40(37,38)25-9-7-6-8-10-25/h6-17,20-21H,5,18-19H2,1-4H3,(H,32,36)/t20-,21-/m1/s1. The van der Waals surface area contributed by atoms with Crippen molar-refractivity contribution in [2.75, 3.05) is 18.0 Å². The fraction of sp³-hybridized carbons (Fsp3) is 0.310. The van der Waals surface area contributed by atoms with E-state index in [1.807, 2.05) is 13.8 Å². The molecule has 0 aliphatic rings. The molecule has 0 unspecified atom stereocenters. The maximum Gasteiger partial charge on any atom is 0.264 e. The highest BCUT2D eigenvalue weighted by Crippen LogP contribution is 2.27. The van der Waals surface area contributed by atoms with Crippen LogP contribution in [-0.4, -0.2) is 50.9 Å². The second-order valence-electron chi connectivity index (χ2n) is 9.29. The van der Waals surface area contributed by atoms with E-state index < -0.39 is 28.5 Å². The fourth-order valence-electron chi connectivity index (χ4n) is 3.88. The molecule has 11 heteroatoms. The van der Waals surface area contributed by atoms with Crippen LogP contribution in [0.4, 0.5) is 5.69 Å². The maximum absolute atomic E-state index is 13.9. The zero-order valence-corrected chi connectivity index (χ0v) is 25.1. The molecule has 214 valence electrons. The average Bonchev–Trinajstić information content (AvgIpc) is 2.96. The number of nitrogens with one attached hydrogen (secondary N) is 1. The Bertz CT molecular complexity index is 1420. The van der Waals surface area contributed by atoms with Crippen molar-refractivity contribution < 1.29 is 22.7 Å². The van der Waals surface area contributed by atoms with E-state index in [1.54, 1.807) is 67.6 Å². The molecule has 3 aromatic carbocycles. The van der Waals surface area contributed by atoms with Crippen molar-refractivity contribution in [3.63, 3.8) is 0 Å². The van der Waals surface area contributed by atoms with Crippen LogP contribution in [0.25, 0.3) is 0 Å². The summed E-state index contributed by atoms with van der Waals surface area (Å²) in [5.41, 5.74) is 0.900. The van der Waals surface area contributed by atoms with E-state index in [4.69, 9.17) is 27.9 Å². The zero-order chi connectivity index (χ0) is 29.4. The first-order valence-corrected chi connectivity index (χ1v) is 14.9. The summed E-state index contributed by atoms with van der Waals surface area (Å²) >= 11 is 12.3. The van der Waals surface area contributed by atoms with E-state index >= 15 is 0 Å². The molecule has 1 N–H and O–H groups in total. The molecule has 3 rings (SSSR count). The molecule has 40 heavy (non-hydrogen) atoms. The molecular weight excluding hydrogens is 573 g/mol. The lowest BCUT2D eigenvalue weighted by Crippen LogP contribution is -2.52. The molecule has 0 fully saturated rings. The average molecular weight is 607 g/mol. The van der Waals surface area contributed by atoms with Gasteiger partial charge in [0.05, 0.1) is 27.7 Å². The largest absolute Gasteiger partial charge is 0.497 e. The molecular formula is C29H33Cl2N3O5S. The minimum Gasteiger partial charge on any atom is -0.497 e. The lowest BCUT2D eigenvalue weighted by molar-refractivity contribution is -0.139. The number of hydrogen-bond acceptors (Lipinski definition) is 5. The van der Waals surface area contributed by atoms with Gasteiger partial charge in [0.25, 0.3) is 10.0 Å². The number of benzene rings is 3. The van der Waals surface area contributed by atoms with Gasteiger partial charge in [0.15, 0.2) is 0 Å². The van der Waals surface area contributed by atoms with E-state index in [9.17, 15) is 18.0 Å². The number of sulfonamides is 1. The van der Waals surface area contributed by atoms with Crippen LogP contribution < -0.4 is 14.4 Å². The van der Waals surface area contributed by atoms with Gasteiger partial charge < -0.3 is 15.0 Å². The van der Waals surface area contributed by atoms with Gasteiger partial charge in [-0.1, -0.05) is 54.4 Å². The highest BCUT2D eigenvalue weighted by atomic mass is 35.5. The Labute approximate surface area is 245 Å². The second kappa shape index (κ2) is 13.9. The molecule has 8 nitrogen and oxygen atoms in total. The summed E-state index contributed by atoms with van der Waals surface area (Å²) in [6.07, 6.45) is 0.708. The molecule has 0 aromatic heterocycles. The number of carbonyl (C=O) groups excluding carboxylic acids is 2. The Morgan fingerprint density at radius 2 is 1.60 bits per heavy atom. The Hall–Kier alpha value is -3.27. The van der Waals surface area contributed by atoms with Crippen molar-refractivity contribution in [1.82, 2.24) is 10.2 Å². The molecule has 0 spiro atoms. The third-order valence-corrected chi connectivity index (χ3v) is 9.00. The molecule has 0 radical (unpaired) electrons. The van der Waals surface area contributed by atoms with Crippen molar-refractivity contribution >= 4 is 50.7 Å². The zero-order valence-electron chi connectivity index (χ0n) is 22.8. The highest BCUT2D eigenvalue weighted by molar-refractivity contribution is 7.92. The highest BCUT2D eigenvalue weighted by Gasteiger charge is 2.32. The van der Waals surface area contributed by atoms with E-state index in [-0.39, 0.29) is 29.1 Å². The summed E-state index contributed by atoms with van der Waals surface area (Å²) in [6.45, 7) is 4.87. The molecule has 2 amide bonds. The van der Waals surface area contributed by atoms with E-state index in [0.717, 1.165) is 4.31 Å². The van der Waals surface area contributed by atoms with Gasteiger partial charge in [0, 0.05) is 12.6 Å². The van der Waals surface area contributed by atoms with Gasteiger partial charge in [-0.05, 0) is 74.4 Å². The molecule has 2 atom stereocenters. The lowest BCUT2D eigenvalue weighted by Gasteiger charge is -2.32. The summed E-state index contributed by atoms with van der Waals surface area (Å²) in [4.78, 5) is 28.4. The van der Waals surface area contributed by atoms with Crippen LogP contribution in [0.3, 0.4) is 0 Å². The van der Waals surface area contributed by atoms with Crippen molar-refractivity contribution in [3.05, 3.63) is 88.4 Å². The van der Waals surface area contributed by atoms with Gasteiger partial charge in [-0.15, -0.1) is 0 Å². The van der Waals surface area contributed by atoms with Crippen LogP contribution in [0.15, 0.2) is 77.7 Å². The van der Waals surface area contributed by atoms with Gasteiger partial charge in [-0.25, -0.2) is 8.42 Å². The smallest absolute Gasteiger partial charge is 0.264 e. The summed E-state index contributed by atoms with van der Waals surface area (Å²) in [7, 11) is -2.65. The third kappa shape index (κ3) is 7.68. The second-order valence-corrected chi connectivity index (χ2v) is 12.0. The Morgan fingerprint density at radius 1 is 0.950 bits per heavy atom. The van der Waals surface area contributed by atoms with Crippen LogP contribution in [0.2, 0.25) is 10.0 Å². The molecule has 0 saturated carbocycles. The summed E-state index contributed by atoms with van der Waals surface area (Å²) in [5, 5.41) is 3.55. The predicted molar refractivity (Wildman–Crippen MR) is 158 cm³/mol. The van der Waals surface area contributed by atoms with Crippen molar-refractivity contribution in [2.24, 2.45) is 0 Å². The number of carbonyl (C=O) groups is 2. The van der Waals surface area contributed by atoms with Crippen molar-refractivity contribution in [3.8, 4) is 5.75 Å². The summed E-state index contributed by atoms with van der Waals surface area (Å²) < 4.78 is 33.8. The Kier molecular flexibility index (Phi) is 10.8. The normalized spacial score (nSPS) is 12.8. The molecule has 0 heterocycles. The van der Waals surface area contributed by atoms with Crippen molar-refractivity contribution in [1.29, 1.82) is 0 Å². The van der Waals surface area contributed by atoms with Crippen molar-refractivity contribution in [2.45, 2.75) is 50.7 Å². The van der Waals surface area contributed by atoms with Crippen LogP contribution in [0.5, 0.6) is 5.75 Å². The minimum atomic E-state index is -4.15. The molecule has 0 bridgehead atoms. The van der Waals surface area contributed by atoms with E-state index in [2.05, 4.69) is 5.32 Å². The number of hydrogen-bond donors (Lipinski definition) is 1. The van der Waals surface area contributed by atoms with Gasteiger partial charge in [-0.2, -0.15) is 0 Å². The number of amides is 2. The molecule has 3 aromatic rings. The minimum absolute atomic E-state index is 0.00660. The van der Waals surface area contributed by atoms with Crippen LogP contribution in [0, 0.1) is 0 Å². The topological polar surface area (TPSA) is 96.0 Å². The number of methoxy groups -OCH3 is 1. The first kappa shape index (κ1) is 31.3. The number of rotatable bonds is 12. The molecule has 0 aliphatic heterocycles. The van der Waals surface area contributed by atoms with E-state index in [0.29, 0.717) is 27.8 Å². The number of anilines is 1. The summed E-state index contributed by atoms with van der Waals surface area (Å²) in [6, 6.07) is 18.1. The third-order valence-electron chi connectivity index (χ3n) is 6.48. The van der Waals surface area contributed by atoms with Gasteiger partial charge in [0.2, 0.25) is 11.8 Å². The summed E-state index contributed by atoms with van der Waals surface area (Å²) in [5.74, 6) is -0.401. The van der Waals surface area contributed by atoms with Gasteiger partial charge >= 0.3 is 0 Å². The lowest BCUT2D eigenvalue weighted by atomic mass is 10.1. The molecule has 0 aliphatic carbocycles.